The number of rotatable bonds is 10. The molecule has 0 aliphatic carbocycles. The van der Waals surface area contributed by atoms with E-state index >= 15 is 0 Å². The first kappa shape index (κ1) is 16.0. The molecular weight excluding hydrogens is 194 g/mol. The van der Waals surface area contributed by atoms with Gasteiger partial charge in [0, 0.05) is 0 Å². The summed E-state index contributed by atoms with van der Waals surface area (Å²) in [6.07, 6.45) is 12.6. The molecule has 0 saturated carbocycles. The Morgan fingerprint density at radius 3 is 1.56 bits per heavy atom. The Hall–Kier alpha value is -0.0400. The monoisotopic (exact) mass is 228 g/mol. The standard InChI is InChI=1S/C15H34N/c1-6-8-10-12-14-15(16(3,4)5)13-11-9-7-2/h15H,6-14H2,1-5H3/q+1. The molecule has 0 fully saturated rings. The third kappa shape index (κ3) is 8.15. The van der Waals surface area contributed by atoms with Gasteiger partial charge in [-0.15, -0.1) is 0 Å². The van der Waals surface area contributed by atoms with E-state index in [-0.39, 0.29) is 0 Å². The third-order valence-corrected chi connectivity index (χ3v) is 3.63. The maximum atomic E-state index is 2.36. The SMILES string of the molecule is CCCCCCC(CCCCC)[N+](C)(C)C. The molecule has 0 rings (SSSR count). The molecule has 1 nitrogen and oxygen atoms in total. The van der Waals surface area contributed by atoms with Gasteiger partial charge in [0.1, 0.15) is 0 Å². The summed E-state index contributed by atoms with van der Waals surface area (Å²) in [4.78, 5) is 0. The first-order chi connectivity index (χ1) is 7.52. The summed E-state index contributed by atoms with van der Waals surface area (Å²) in [6.45, 7) is 4.58. The molecule has 16 heavy (non-hydrogen) atoms. The van der Waals surface area contributed by atoms with E-state index in [1.165, 1.54) is 57.8 Å². The first-order valence-corrected chi connectivity index (χ1v) is 7.33. The van der Waals surface area contributed by atoms with Crippen molar-refractivity contribution in [3.8, 4) is 0 Å². The Kier molecular flexibility index (Phi) is 9.02. The lowest BCUT2D eigenvalue weighted by molar-refractivity contribution is -0.896. The van der Waals surface area contributed by atoms with Crippen molar-refractivity contribution in [1.82, 2.24) is 0 Å². The van der Waals surface area contributed by atoms with Gasteiger partial charge in [-0.3, -0.25) is 0 Å². The Labute approximate surface area is 104 Å². The summed E-state index contributed by atoms with van der Waals surface area (Å²) in [5, 5.41) is 0. The van der Waals surface area contributed by atoms with Crippen molar-refractivity contribution in [1.29, 1.82) is 0 Å². The van der Waals surface area contributed by atoms with Crippen LogP contribution in [0.1, 0.15) is 71.6 Å². The van der Waals surface area contributed by atoms with Gasteiger partial charge in [0.05, 0.1) is 27.2 Å². The van der Waals surface area contributed by atoms with Crippen LogP contribution in [0.3, 0.4) is 0 Å². The van der Waals surface area contributed by atoms with Gasteiger partial charge in [0.2, 0.25) is 0 Å². The Morgan fingerprint density at radius 2 is 1.12 bits per heavy atom. The molecule has 0 radical (unpaired) electrons. The van der Waals surface area contributed by atoms with E-state index in [1.54, 1.807) is 0 Å². The van der Waals surface area contributed by atoms with Crippen LogP contribution in [0.4, 0.5) is 0 Å². The fraction of sp³-hybridized carbons (Fsp3) is 1.00. The number of nitrogens with zero attached hydrogens (tertiary/aromatic N) is 1. The van der Waals surface area contributed by atoms with E-state index in [1.807, 2.05) is 0 Å². The van der Waals surface area contributed by atoms with E-state index in [2.05, 4.69) is 35.0 Å². The Morgan fingerprint density at radius 1 is 0.688 bits per heavy atom. The minimum atomic E-state index is 0.878. The minimum absolute atomic E-state index is 0.878. The second kappa shape index (κ2) is 9.04. The summed E-state index contributed by atoms with van der Waals surface area (Å²) in [7, 11) is 7.07. The van der Waals surface area contributed by atoms with Crippen LogP contribution in [0.2, 0.25) is 0 Å². The number of hydrogen-bond donors (Lipinski definition) is 0. The van der Waals surface area contributed by atoms with E-state index in [4.69, 9.17) is 0 Å². The number of unbranched alkanes of at least 4 members (excludes halogenated alkanes) is 5. The second-order valence-electron chi connectivity index (χ2n) is 6.12. The molecule has 0 aliphatic rings. The van der Waals surface area contributed by atoms with Crippen molar-refractivity contribution >= 4 is 0 Å². The lowest BCUT2D eigenvalue weighted by Crippen LogP contribution is -2.45. The molecule has 0 aromatic rings. The highest BCUT2D eigenvalue weighted by molar-refractivity contribution is 4.59. The van der Waals surface area contributed by atoms with Crippen molar-refractivity contribution in [2.24, 2.45) is 0 Å². The maximum Gasteiger partial charge on any atom is 0.0884 e. The van der Waals surface area contributed by atoms with Crippen molar-refractivity contribution in [3.05, 3.63) is 0 Å². The van der Waals surface area contributed by atoms with Gasteiger partial charge in [-0.25, -0.2) is 0 Å². The molecule has 0 bridgehead atoms. The van der Waals surface area contributed by atoms with E-state index < -0.39 is 0 Å². The van der Waals surface area contributed by atoms with E-state index in [0.717, 1.165) is 10.5 Å². The van der Waals surface area contributed by atoms with Gasteiger partial charge in [0.25, 0.3) is 0 Å². The Balaban J connectivity index is 3.82. The topological polar surface area (TPSA) is 0 Å². The van der Waals surface area contributed by atoms with Crippen LogP contribution in [-0.2, 0) is 0 Å². The molecule has 98 valence electrons. The van der Waals surface area contributed by atoms with Crippen LogP contribution >= 0.6 is 0 Å². The quantitative estimate of drug-likeness (QED) is 0.378. The molecule has 0 saturated heterocycles. The van der Waals surface area contributed by atoms with Crippen LogP contribution in [-0.4, -0.2) is 31.7 Å². The largest absolute Gasteiger partial charge is 0.328 e. The van der Waals surface area contributed by atoms with Crippen molar-refractivity contribution < 1.29 is 4.48 Å². The Bertz CT molecular complexity index is 146. The summed E-state index contributed by atoms with van der Waals surface area (Å²) in [5.41, 5.74) is 0. The molecular formula is C15H34N+. The van der Waals surface area contributed by atoms with Gasteiger partial charge in [-0.1, -0.05) is 46.0 Å². The highest BCUT2D eigenvalue weighted by atomic mass is 15.3. The van der Waals surface area contributed by atoms with Crippen LogP contribution in [0.25, 0.3) is 0 Å². The molecule has 1 heteroatoms. The fourth-order valence-electron chi connectivity index (χ4n) is 2.36. The summed E-state index contributed by atoms with van der Waals surface area (Å²) in [6, 6.07) is 0.878. The van der Waals surface area contributed by atoms with E-state index in [0.29, 0.717) is 0 Å². The lowest BCUT2D eigenvalue weighted by atomic mass is 9.99. The molecule has 0 spiro atoms. The minimum Gasteiger partial charge on any atom is -0.328 e. The lowest BCUT2D eigenvalue weighted by Gasteiger charge is -2.34. The predicted molar refractivity (Wildman–Crippen MR) is 74.7 cm³/mol. The first-order valence-electron chi connectivity index (χ1n) is 7.33. The molecule has 0 aromatic heterocycles. The van der Waals surface area contributed by atoms with Gasteiger partial charge < -0.3 is 4.48 Å². The zero-order valence-electron chi connectivity index (χ0n) is 12.4. The normalized spacial score (nSPS) is 14.1. The van der Waals surface area contributed by atoms with E-state index in [9.17, 15) is 0 Å². The summed E-state index contributed by atoms with van der Waals surface area (Å²) < 4.78 is 1.15. The molecule has 1 unspecified atom stereocenters. The van der Waals surface area contributed by atoms with Gasteiger partial charge in [-0.05, 0) is 25.7 Å². The summed E-state index contributed by atoms with van der Waals surface area (Å²) >= 11 is 0. The van der Waals surface area contributed by atoms with Crippen LogP contribution in [0.5, 0.6) is 0 Å². The van der Waals surface area contributed by atoms with Gasteiger partial charge in [0.15, 0.2) is 0 Å². The van der Waals surface area contributed by atoms with Crippen molar-refractivity contribution in [2.45, 2.75) is 77.7 Å². The average Bonchev–Trinajstić information content (AvgIpc) is 2.20. The van der Waals surface area contributed by atoms with Crippen LogP contribution in [0.15, 0.2) is 0 Å². The molecule has 1 atom stereocenters. The highest BCUT2D eigenvalue weighted by Gasteiger charge is 2.22. The van der Waals surface area contributed by atoms with Crippen LogP contribution in [0, 0.1) is 0 Å². The highest BCUT2D eigenvalue weighted by Crippen LogP contribution is 2.19. The molecule has 0 amide bonds. The second-order valence-corrected chi connectivity index (χ2v) is 6.12. The average molecular weight is 228 g/mol. The molecule has 0 aromatic carbocycles. The number of quaternary nitrogens is 1. The maximum absolute atomic E-state index is 2.36. The fourth-order valence-corrected chi connectivity index (χ4v) is 2.36. The zero-order valence-corrected chi connectivity index (χ0v) is 12.4. The summed E-state index contributed by atoms with van der Waals surface area (Å²) in [5.74, 6) is 0. The predicted octanol–water partition coefficient (Wildman–Crippen LogP) is 4.61. The zero-order chi connectivity index (χ0) is 12.4. The van der Waals surface area contributed by atoms with Crippen molar-refractivity contribution in [2.75, 3.05) is 21.1 Å². The van der Waals surface area contributed by atoms with Crippen molar-refractivity contribution in [3.63, 3.8) is 0 Å². The van der Waals surface area contributed by atoms with Gasteiger partial charge >= 0.3 is 0 Å². The van der Waals surface area contributed by atoms with Crippen LogP contribution < -0.4 is 0 Å². The molecule has 0 aliphatic heterocycles. The molecule has 0 N–H and O–H groups in total. The molecule has 0 heterocycles. The smallest absolute Gasteiger partial charge is 0.0884 e. The third-order valence-electron chi connectivity index (χ3n) is 3.63. The number of hydrogen-bond acceptors (Lipinski definition) is 0. The van der Waals surface area contributed by atoms with Gasteiger partial charge in [-0.2, -0.15) is 0 Å².